The third kappa shape index (κ3) is 2.13. The molecule has 1 aliphatic rings. The number of carbonyl (C=O) groups is 2. The van der Waals surface area contributed by atoms with E-state index in [1.807, 2.05) is 13.8 Å². The molecule has 0 aliphatic carbocycles. The lowest BCUT2D eigenvalue weighted by molar-refractivity contribution is -0.168. The zero-order valence-electron chi connectivity index (χ0n) is 8.45. The maximum Gasteiger partial charge on any atom is 0.329 e. The summed E-state index contributed by atoms with van der Waals surface area (Å²) in [5, 5.41) is 2.61. The maximum absolute atomic E-state index is 11.4. The van der Waals surface area contributed by atoms with E-state index in [0.29, 0.717) is 6.42 Å². The molecule has 1 fully saturated rings. The Labute approximate surface area is 83.3 Å². The Kier molecular flexibility index (Phi) is 3.28. The average Bonchev–Trinajstić information content (AvgIpc) is 2.10. The molecule has 1 rings (SSSR count). The molecule has 0 aromatic heterocycles. The van der Waals surface area contributed by atoms with Crippen molar-refractivity contribution in [1.29, 1.82) is 0 Å². The van der Waals surface area contributed by atoms with Crippen molar-refractivity contribution in [3.05, 3.63) is 12.7 Å². The lowest BCUT2D eigenvalue weighted by atomic mass is 10.0. The quantitative estimate of drug-likeness (QED) is 0.533. The van der Waals surface area contributed by atoms with E-state index in [1.54, 1.807) is 6.08 Å². The summed E-state index contributed by atoms with van der Waals surface area (Å²) in [5.74, 6) is -0.585. The smallest absolute Gasteiger partial charge is 0.329 e. The fourth-order valence-corrected chi connectivity index (χ4v) is 1.33. The van der Waals surface area contributed by atoms with E-state index in [2.05, 4.69) is 11.9 Å². The van der Waals surface area contributed by atoms with Gasteiger partial charge in [0, 0.05) is 0 Å². The van der Waals surface area contributed by atoms with Crippen LogP contribution < -0.4 is 5.32 Å². The molecule has 0 radical (unpaired) electrons. The molecular weight excluding hydrogens is 182 g/mol. The van der Waals surface area contributed by atoms with E-state index < -0.39 is 12.1 Å². The Morgan fingerprint density at radius 1 is 1.57 bits per heavy atom. The predicted molar refractivity (Wildman–Crippen MR) is 51.5 cm³/mol. The minimum atomic E-state index is -0.649. The molecule has 1 amide bonds. The minimum absolute atomic E-state index is 0.00336. The van der Waals surface area contributed by atoms with Gasteiger partial charge in [0.05, 0.1) is 0 Å². The summed E-state index contributed by atoms with van der Waals surface area (Å²) in [5.41, 5.74) is 0. The second-order valence-electron chi connectivity index (χ2n) is 3.69. The molecule has 4 heteroatoms. The average molecular weight is 197 g/mol. The van der Waals surface area contributed by atoms with Gasteiger partial charge in [0.25, 0.3) is 5.91 Å². The molecule has 2 atom stereocenters. The Morgan fingerprint density at radius 2 is 2.21 bits per heavy atom. The van der Waals surface area contributed by atoms with Gasteiger partial charge in [-0.25, -0.2) is 4.79 Å². The van der Waals surface area contributed by atoms with Crippen molar-refractivity contribution < 1.29 is 14.3 Å². The van der Waals surface area contributed by atoms with Gasteiger partial charge >= 0.3 is 5.97 Å². The number of amides is 1. The fourth-order valence-electron chi connectivity index (χ4n) is 1.33. The highest BCUT2D eigenvalue weighted by atomic mass is 16.6. The van der Waals surface area contributed by atoms with Crippen molar-refractivity contribution in [3.63, 3.8) is 0 Å². The lowest BCUT2D eigenvalue weighted by Crippen LogP contribution is -2.55. The second-order valence-corrected chi connectivity index (χ2v) is 3.69. The van der Waals surface area contributed by atoms with E-state index in [4.69, 9.17) is 4.74 Å². The molecule has 1 aliphatic heterocycles. The monoisotopic (exact) mass is 197 g/mol. The summed E-state index contributed by atoms with van der Waals surface area (Å²) >= 11 is 0. The Morgan fingerprint density at radius 3 is 2.71 bits per heavy atom. The molecule has 0 unspecified atom stereocenters. The third-order valence-corrected chi connectivity index (χ3v) is 2.11. The summed E-state index contributed by atoms with van der Waals surface area (Å²) in [6.07, 6.45) is 1.35. The van der Waals surface area contributed by atoms with E-state index in [-0.39, 0.29) is 17.8 Å². The second kappa shape index (κ2) is 4.26. The first kappa shape index (κ1) is 10.8. The molecule has 1 heterocycles. The summed E-state index contributed by atoms with van der Waals surface area (Å²) in [6.45, 7) is 7.19. The van der Waals surface area contributed by atoms with Crippen LogP contribution in [-0.2, 0) is 14.3 Å². The Balaban J connectivity index is 2.66. The molecule has 0 aromatic rings. The van der Waals surface area contributed by atoms with Gasteiger partial charge in [-0.3, -0.25) is 4.79 Å². The van der Waals surface area contributed by atoms with E-state index in [9.17, 15) is 9.59 Å². The standard InChI is InChI=1S/C10H15NO3/c1-4-5-7-10(13)14-8(6(2)3)9(12)11-7/h4,6-8H,1,5H2,2-3H3,(H,11,12)/t7-,8+/m0/s1. The van der Waals surface area contributed by atoms with Crippen molar-refractivity contribution >= 4 is 11.9 Å². The third-order valence-electron chi connectivity index (χ3n) is 2.11. The highest BCUT2D eigenvalue weighted by Gasteiger charge is 2.36. The van der Waals surface area contributed by atoms with Gasteiger partial charge in [-0.15, -0.1) is 6.58 Å². The van der Waals surface area contributed by atoms with Gasteiger partial charge in [0.2, 0.25) is 0 Å². The SMILES string of the molecule is C=CC[C@@H]1NC(=O)[C@@H](C(C)C)OC1=O. The zero-order chi connectivity index (χ0) is 10.7. The molecule has 1 saturated heterocycles. The summed E-state index contributed by atoms with van der Waals surface area (Å²) in [4.78, 5) is 22.8. The largest absolute Gasteiger partial charge is 0.450 e. The topological polar surface area (TPSA) is 55.4 Å². The van der Waals surface area contributed by atoms with Gasteiger partial charge in [-0.05, 0) is 12.3 Å². The van der Waals surface area contributed by atoms with Crippen LogP contribution in [0, 0.1) is 5.92 Å². The van der Waals surface area contributed by atoms with Crippen LogP contribution in [0.5, 0.6) is 0 Å². The van der Waals surface area contributed by atoms with Gasteiger partial charge in [-0.2, -0.15) is 0 Å². The van der Waals surface area contributed by atoms with Crippen molar-refractivity contribution in [2.75, 3.05) is 0 Å². The van der Waals surface area contributed by atoms with Crippen molar-refractivity contribution in [2.24, 2.45) is 5.92 Å². The first-order valence-corrected chi connectivity index (χ1v) is 4.68. The van der Waals surface area contributed by atoms with Gasteiger partial charge in [0.1, 0.15) is 6.04 Å². The fraction of sp³-hybridized carbons (Fsp3) is 0.600. The van der Waals surface area contributed by atoms with E-state index >= 15 is 0 Å². The van der Waals surface area contributed by atoms with Crippen LogP contribution in [0.1, 0.15) is 20.3 Å². The molecular formula is C10H15NO3. The minimum Gasteiger partial charge on any atom is -0.450 e. The number of rotatable bonds is 3. The van der Waals surface area contributed by atoms with Crippen LogP contribution in [0.25, 0.3) is 0 Å². The van der Waals surface area contributed by atoms with E-state index in [1.165, 1.54) is 0 Å². The number of cyclic esters (lactones) is 1. The van der Waals surface area contributed by atoms with Crippen LogP contribution in [0.15, 0.2) is 12.7 Å². The molecule has 1 N–H and O–H groups in total. The summed E-state index contributed by atoms with van der Waals surface area (Å²) < 4.78 is 5.03. The highest BCUT2D eigenvalue weighted by molar-refractivity contribution is 5.92. The molecule has 14 heavy (non-hydrogen) atoms. The maximum atomic E-state index is 11.4. The summed E-state index contributed by atoms with van der Waals surface area (Å²) in [7, 11) is 0. The molecule has 0 aromatic carbocycles. The van der Waals surface area contributed by atoms with Gasteiger partial charge in [-0.1, -0.05) is 19.9 Å². The number of ether oxygens (including phenoxy) is 1. The molecule has 78 valence electrons. The van der Waals surface area contributed by atoms with Gasteiger partial charge < -0.3 is 10.1 Å². The number of nitrogens with one attached hydrogen (secondary N) is 1. The zero-order valence-corrected chi connectivity index (χ0v) is 8.45. The van der Waals surface area contributed by atoms with Crippen molar-refractivity contribution in [3.8, 4) is 0 Å². The van der Waals surface area contributed by atoms with Crippen LogP contribution in [0.4, 0.5) is 0 Å². The van der Waals surface area contributed by atoms with Crippen LogP contribution in [-0.4, -0.2) is 24.0 Å². The number of carbonyl (C=O) groups excluding carboxylic acids is 2. The van der Waals surface area contributed by atoms with Gasteiger partial charge in [0.15, 0.2) is 6.10 Å². The number of morpholine rings is 1. The van der Waals surface area contributed by atoms with Crippen molar-refractivity contribution in [2.45, 2.75) is 32.4 Å². The predicted octanol–water partition coefficient (Wildman–Crippen LogP) is 0.629. The van der Waals surface area contributed by atoms with Crippen LogP contribution >= 0.6 is 0 Å². The Bertz CT molecular complexity index is 260. The highest BCUT2D eigenvalue weighted by Crippen LogP contribution is 2.14. The van der Waals surface area contributed by atoms with Crippen LogP contribution in [0.2, 0.25) is 0 Å². The molecule has 4 nitrogen and oxygen atoms in total. The molecule has 0 spiro atoms. The number of hydrogen-bond acceptors (Lipinski definition) is 3. The first-order chi connectivity index (χ1) is 6.56. The van der Waals surface area contributed by atoms with Crippen LogP contribution in [0.3, 0.4) is 0 Å². The molecule has 0 bridgehead atoms. The Hall–Kier alpha value is -1.32. The number of hydrogen-bond donors (Lipinski definition) is 1. The van der Waals surface area contributed by atoms with Crippen molar-refractivity contribution in [1.82, 2.24) is 5.32 Å². The normalized spacial score (nSPS) is 27.1. The van der Waals surface area contributed by atoms with E-state index in [0.717, 1.165) is 0 Å². The first-order valence-electron chi connectivity index (χ1n) is 4.68. The molecule has 0 saturated carbocycles. The lowest BCUT2D eigenvalue weighted by Gasteiger charge is -2.29. The number of esters is 1. The summed E-state index contributed by atoms with van der Waals surface area (Å²) in [6, 6.07) is -0.560.